The Balaban J connectivity index is 1.41. The Hall–Kier alpha value is -2.69. The number of amides is 1. The zero-order valence-electron chi connectivity index (χ0n) is 21.2. The Morgan fingerprint density at radius 1 is 1.11 bits per heavy atom. The lowest BCUT2D eigenvalue weighted by atomic mass is 10.1. The maximum atomic E-state index is 13.6. The van der Waals surface area contributed by atoms with Crippen LogP contribution < -0.4 is 10.4 Å². The molecular weight excluding hydrogens is 540 g/mol. The average Bonchev–Trinajstić information content (AvgIpc) is 3.57. The Bertz CT molecular complexity index is 1430. The van der Waals surface area contributed by atoms with Crippen molar-refractivity contribution >= 4 is 44.4 Å². The van der Waals surface area contributed by atoms with Gasteiger partial charge in [-0.2, -0.15) is 0 Å². The molecule has 2 fully saturated rings. The molecule has 2 atom stereocenters. The normalized spacial score (nSPS) is 20.6. The topological polar surface area (TPSA) is 73.0 Å². The molecule has 0 saturated carbocycles. The van der Waals surface area contributed by atoms with E-state index in [2.05, 4.69) is 23.0 Å². The molecule has 1 aromatic heterocycles. The van der Waals surface area contributed by atoms with Gasteiger partial charge in [0, 0.05) is 55.2 Å². The van der Waals surface area contributed by atoms with E-state index in [4.69, 9.17) is 11.6 Å². The Morgan fingerprint density at radius 3 is 2.58 bits per heavy atom. The van der Waals surface area contributed by atoms with Crippen LogP contribution in [0, 0.1) is 0 Å². The molecular formula is C28H31ClN4O3S2. The van der Waals surface area contributed by atoms with Crippen LogP contribution in [-0.4, -0.2) is 69.1 Å². The van der Waals surface area contributed by atoms with Gasteiger partial charge >= 0.3 is 0 Å². The summed E-state index contributed by atoms with van der Waals surface area (Å²) in [6, 6.07) is 18.2. The summed E-state index contributed by atoms with van der Waals surface area (Å²) in [7, 11) is -3.30. The van der Waals surface area contributed by atoms with E-state index in [-0.39, 0.29) is 18.0 Å². The summed E-state index contributed by atoms with van der Waals surface area (Å²) < 4.78 is 24.2. The molecule has 2 unspecified atom stereocenters. The minimum absolute atomic E-state index is 0.0976. The molecule has 1 N–H and O–H groups in total. The van der Waals surface area contributed by atoms with Gasteiger partial charge in [-0.1, -0.05) is 41.9 Å². The fourth-order valence-corrected chi connectivity index (χ4v) is 7.05. The third-order valence-electron chi connectivity index (χ3n) is 7.05. The van der Waals surface area contributed by atoms with Crippen molar-refractivity contribution in [3.63, 3.8) is 0 Å². The molecule has 200 valence electrons. The predicted molar refractivity (Wildman–Crippen MR) is 154 cm³/mol. The Kier molecular flexibility index (Phi) is 7.93. The summed E-state index contributed by atoms with van der Waals surface area (Å²) in [4.78, 5) is 20.2. The molecule has 10 heteroatoms. The van der Waals surface area contributed by atoms with Crippen molar-refractivity contribution in [3.05, 3.63) is 83.2 Å². The van der Waals surface area contributed by atoms with Crippen LogP contribution >= 0.6 is 22.9 Å². The van der Waals surface area contributed by atoms with Gasteiger partial charge in [-0.3, -0.25) is 14.7 Å². The number of sulfone groups is 1. The van der Waals surface area contributed by atoms with Crippen LogP contribution in [0.3, 0.4) is 0 Å². The number of hydrazine groups is 1. The lowest BCUT2D eigenvalue weighted by Gasteiger charge is -2.35. The highest BCUT2D eigenvalue weighted by Gasteiger charge is 2.40. The molecule has 1 amide bonds. The van der Waals surface area contributed by atoms with Crippen molar-refractivity contribution in [2.45, 2.75) is 23.4 Å². The fourth-order valence-electron chi connectivity index (χ4n) is 5.04. The van der Waals surface area contributed by atoms with Gasteiger partial charge in [-0.15, -0.1) is 17.9 Å². The smallest absolute Gasteiger partial charge is 0.241 e. The quantitative estimate of drug-likeness (QED) is 0.418. The summed E-state index contributed by atoms with van der Waals surface area (Å²) in [5.41, 5.74) is 5.13. The van der Waals surface area contributed by atoms with Gasteiger partial charge in [-0.05, 0) is 42.0 Å². The molecule has 0 aliphatic carbocycles. The second-order valence-electron chi connectivity index (χ2n) is 9.67. The lowest BCUT2D eigenvalue weighted by molar-refractivity contribution is -0.134. The Morgan fingerprint density at radius 2 is 1.87 bits per heavy atom. The standard InChI is InChI=1S/C28H31ClN4O3S2/c1-3-13-31-14-16-32(17-15-31)28(34)23-19-25(33(30-23)24-10-5-4-9-22(24)29)27-12-11-26(37-27)20-7-6-8-21(18-20)38(2,35)36/h3-12,18,23,25,30H,1,13-17,19H2,2H3. The van der Waals surface area contributed by atoms with Crippen LogP contribution in [0.5, 0.6) is 0 Å². The van der Waals surface area contributed by atoms with Gasteiger partial charge in [0.2, 0.25) is 5.91 Å². The molecule has 3 aromatic rings. The number of benzene rings is 2. The van der Waals surface area contributed by atoms with E-state index < -0.39 is 9.84 Å². The number of rotatable bonds is 7. The maximum absolute atomic E-state index is 13.6. The highest BCUT2D eigenvalue weighted by molar-refractivity contribution is 7.90. The Labute approximate surface area is 233 Å². The van der Waals surface area contributed by atoms with Gasteiger partial charge in [0.15, 0.2) is 9.84 Å². The monoisotopic (exact) mass is 570 g/mol. The van der Waals surface area contributed by atoms with Crippen molar-refractivity contribution in [3.8, 4) is 10.4 Å². The van der Waals surface area contributed by atoms with Gasteiger partial charge < -0.3 is 4.90 Å². The summed E-state index contributed by atoms with van der Waals surface area (Å²) >= 11 is 8.20. The first-order chi connectivity index (χ1) is 18.2. The molecule has 2 aliphatic heterocycles. The van der Waals surface area contributed by atoms with Crippen LogP contribution in [0.25, 0.3) is 10.4 Å². The first-order valence-corrected chi connectivity index (χ1v) is 15.7. The molecule has 0 spiro atoms. The molecule has 2 aromatic carbocycles. The van der Waals surface area contributed by atoms with Crippen molar-refractivity contribution in [2.75, 3.05) is 44.0 Å². The maximum Gasteiger partial charge on any atom is 0.241 e. The van der Waals surface area contributed by atoms with Crippen LogP contribution in [-0.2, 0) is 14.6 Å². The summed E-state index contributed by atoms with van der Waals surface area (Å²) in [5.74, 6) is 0.0976. The zero-order chi connectivity index (χ0) is 26.9. The van der Waals surface area contributed by atoms with Crippen molar-refractivity contribution in [2.24, 2.45) is 0 Å². The van der Waals surface area contributed by atoms with E-state index in [1.165, 1.54) is 6.26 Å². The lowest BCUT2D eigenvalue weighted by Crippen LogP contribution is -2.54. The fraction of sp³-hybridized carbons (Fsp3) is 0.321. The van der Waals surface area contributed by atoms with E-state index in [1.807, 2.05) is 52.4 Å². The SMILES string of the molecule is C=CCN1CCN(C(=O)C2CC(c3ccc(-c4cccc(S(C)(=O)=O)c4)s3)N(c3ccccc3Cl)N2)CC1. The van der Waals surface area contributed by atoms with Crippen molar-refractivity contribution in [1.29, 1.82) is 0 Å². The van der Waals surface area contributed by atoms with Crippen LogP contribution in [0.15, 0.2) is 78.2 Å². The van der Waals surface area contributed by atoms with Crippen LogP contribution in [0.2, 0.25) is 5.02 Å². The van der Waals surface area contributed by atoms with Crippen LogP contribution in [0.4, 0.5) is 5.69 Å². The number of anilines is 1. The largest absolute Gasteiger partial charge is 0.339 e. The summed E-state index contributed by atoms with van der Waals surface area (Å²) in [6.45, 7) is 7.71. The van der Waals surface area contributed by atoms with Crippen molar-refractivity contribution < 1.29 is 13.2 Å². The number of para-hydroxylation sites is 1. The number of carbonyl (C=O) groups excluding carboxylic acids is 1. The van der Waals surface area contributed by atoms with E-state index in [0.717, 1.165) is 40.6 Å². The van der Waals surface area contributed by atoms with Crippen LogP contribution in [0.1, 0.15) is 17.3 Å². The number of piperazine rings is 1. The third kappa shape index (κ3) is 5.67. The number of carbonyl (C=O) groups is 1. The number of hydrogen-bond donors (Lipinski definition) is 1. The van der Waals surface area contributed by atoms with Gasteiger partial charge in [0.25, 0.3) is 0 Å². The minimum atomic E-state index is -3.30. The molecule has 0 radical (unpaired) electrons. The van der Waals surface area contributed by atoms with E-state index in [9.17, 15) is 13.2 Å². The number of nitrogens with zero attached hydrogens (tertiary/aromatic N) is 3. The molecule has 2 aliphatic rings. The highest BCUT2D eigenvalue weighted by Crippen LogP contribution is 2.42. The summed E-state index contributed by atoms with van der Waals surface area (Å²) in [5, 5.41) is 2.62. The second kappa shape index (κ2) is 11.2. The first kappa shape index (κ1) is 26.9. The molecule has 3 heterocycles. The zero-order valence-corrected chi connectivity index (χ0v) is 23.6. The number of nitrogens with one attached hydrogen (secondary N) is 1. The molecule has 2 saturated heterocycles. The second-order valence-corrected chi connectivity index (χ2v) is 13.2. The van der Waals surface area contributed by atoms with Gasteiger partial charge in [0.05, 0.1) is 21.6 Å². The van der Waals surface area contributed by atoms with E-state index in [0.29, 0.717) is 29.4 Å². The summed E-state index contributed by atoms with van der Waals surface area (Å²) in [6.07, 6.45) is 3.71. The molecule has 5 rings (SSSR count). The predicted octanol–water partition coefficient (Wildman–Crippen LogP) is 4.63. The third-order valence-corrected chi connectivity index (χ3v) is 9.71. The minimum Gasteiger partial charge on any atom is -0.339 e. The molecule has 0 bridgehead atoms. The number of hydrogen-bond acceptors (Lipinski definition) is 7. The number of halogens is 1. The average molecular weight is 571 g/mol. The number of thiophene rings is 1. The van der Waals surface area contributed by atoms with E-state index in [1.54, 1.807) is 29.5 Å². The van der Waals surface area contributed by atoms with Crippen molar-refractivity contribution in [1.82, 2.24) is 15.2 Å². The molecule has 7 nitrogen and oxygen atoms in total. The molecule has 38 heavy (non-hydrogen) atoms. The first-order valence-electron chi connectivity index (χ1n) is 12.6. The van der Waals surface area contributed by atoms with Gasteiger partial charge in [-0.25, -0.2) is 13.8 Å². The highest BCUT2D eigenvalue weighted by atomic mass is 35.5. The van der Waals surface area contributed by atoms with E-state index >= 15 is 0 Å². The van der Waals surface area contributed by atoms with Gasteiger partial charge in [0.1, 0.15) is 6.04 Å².